The van der Waals surface area contributed by atoms with Gasteiger partial charge in [0, 0.05) is 34.9 Å². The summed E-state index contributed by atoms with van der Waals surface area (Å²) >= 11 is 3.32. The Morgan fingerprint density at radius 1 is 0.971 bits per heavy atom. The van der Waals surface area contributed by atoms with Gasteiger partial charge in [-0.25, -0.2) is 9.97 Å². The summed E-state index contributed by atoms with van der Waals surface area (Å²) in [6.45, 7) is 1.47. The number of amides is 1. The monoisotopic (exact) mass is 501 g/mol. The van der Waals surface area contributed by atoms with Gasteiger partial charge in [-0.15, -0.1) is 11.3 Å². The van der Waals surface area contributed by atoms with Gasteiger partial charge in [0.1, 0.15) is 15.7 Å². The van der Waals surface area contributed by atoms with Crippen molar-refractivity contribution in [3.05, 3.63) is 82.0 Å². The average Bonchev–Trinajstić information content (AvgIpc) is 3.25. The Bertz CT molecular complexity index is 1360. The Morgan fingerprint density at radius 3 is 2.51 bits per heavy atom. The van der Waals surface area contributed by atoms with Gasteiger partial charge in [0.25, 0.3) is 0 Å². The van der Waals surface area contributed by atoms with E-state index in [1.165, 1.54) is 47.5 Å². The number of anilines is 1. The number of hydrogen-bond acceptors (Lipinski definition) is 6. The third-order valence-electron chi connectivity index (χ3n) is 6.18. The van der Waals surface area contributed by atoms with Crippen molar-refractivity contribution in [2.45, 2.75) is 50.5 Å². The number of aryl methyl sites for hydroxylation is 4. The molecule has 1 amide bonds. The molecule has 2 aromatic heterocycles. The Kier molecular flexibility index (Phi) is 7.25. The van der Waals surface area contributed by atoms with Crippen molar-refractivity contribution in [2.24, 2.45) is 0 Å². The summed E-state index contributed by atoms with van der Waals surface area (Å²) in [5.41, 5.74) is 3.98. The SMILES string of the molecule is CC(=O)Nc1ccc(C(=O)CSc2nc(CCc3ccccc3)nc3sc4c(c23)CCCC4)cc1. The van der Waals surface area contributed by atoms with E-state index in [0.717, 1.165) is 46.8 Å². The molecule has 0 bridgehead atoms. The van der Waals surface area contributed by atoms with Crippen molar-refractivity contribution >= 4 is 50.7 Å². The molecular formula is C28H27N3O2S2. The smallest absolute Gasteiger partial charge is 0.221 e. The molecule has 2 aromatic carbocycles. The Labute approximate surface area is 213 Å². The van der Waals surface area contributed by atoms with Crippen LogP contribution in [0.2, 0.25) is 0 Å². The number of ketones is 1. The molecule has 178 valence electrons. The summed E-state index contributed by atoms with van der Waals surface area (Å²) in [7, 11) is 0. The second-order valence-corrected chi connectivity index (χ2v) is 10.8. The normalized spacial score (nSPS) is 12.9. The minimum Gasteiger partial charge on any atom is -0.326 e. The van der Waals surface area contributed by atoms with Crippen LogP contribution in [0, 0.1) is 0 Å². The lowest BCUT2D eigenvalue weighted by Crippen LogP contribution is -2.07. The first kappa shape index (κ1) is 23.7. The van der Waals surface area contributed by atoms with E-state index >= 15 is 0 Å². The zero-order valence-corrected chi connectivity index (χ0v) is 21.3. The third-order valence-corrected chi connectivity index (χ3v) is 8.34. The van der Waals surface area contributed by atoms with Crippen LogP contribution in [0.15, 0.2) is 59.6 Å². The molecule has 0 spiro atoms. The van der Waals surface area contributed by atoms with Crippen LogP contribution in [0.25, 0.3) is 10.2 Å². The predicted molar refractivity (Wildman–Crippen MR) is 144 cm³/mol. The second kappa shape index (κ2) is 10.7. The van der Waals surface area contributed by atoms with Gasteiger partial charge in [-0.3, -0.25) is 9.59 Å². The number of carbonyl (C=O) groups is 2. The Balaban J connectivity index is 1.38. The molecule has 0 saturated heterocycles. The van der Waals surface area contributed by atoms with Crippen molar-refractivity contribution in [1.82, 2.24) is 9.97 Å². The standard InChI is InChI=1S/C28H27N3O2S2/c1-18(32)29-21-14-12-20(13-15-21)23(33)17-34-27-26-22-9-5-6-10-24(22)35-28(26)31-25(30-27)16-11-19-7-3-2-4-8-19/h2-4,7-8,12-15H,5-6,9-11,16-17H2,1H3,(H,29,32). The van der Waals surface area contributed by atoms with Gasteiger partial charge in [0.2, 0.25) is 5.91 Å². The highest BCUT2D eigenvalue weighted by atomic mass is 32.2. The number of aromatic nitrogens is 2. The lowest BCUT2D eigenvalue weighted by atomic mass is 9.97. The molecule has 2 heterocycles. The molecule has 5 nitrogen and oxygen atoms in total. The largest absolute Gasteiger partial charge is 0.326 e. The highest BCUT2D eigenvalue weighted by Crippen LogP contribution is 2.40. The maximum atomic E-state index is 13.0. The maximum Gasteiger partial charge on any atom is 0.221 e. The maximum absolute atomic E-state index is 13.0. The number of thioether (sulfide) groups is 1. The first-order valence-electron chi connectivity index (χ1n) is 12.0. The first-order chi connectivity index (χ1) is 17.1. The van der Waals surface area contributed by atoms with Crippen molar-refractivity contribution in [3.63, 3.8) is 0 Å². The zero-order chi connectivity index (χ0) is 24.2. The number of nitrogens with zero attached hydrogens (tertiary/aromatic N) is 2. The number of rotatable bonds is 8. The molecular weight excluding hydrogens is 474 g/mol. The summed E-state index contributed by atoms with van der Waals surface area (Å²) in [6, 6.07) is 17.5. The number of Topliss-reactive ketones (excluding diaryl/α,β-unsaturated/α-hetero) is 1. The van der Waals surface area contributed by atoms with Crippen LogP contribution in [0.3, 0.4) is 0 Å². The van der Waals surface area contributed by atoms with Gasteiger partial charge in [0.05, 0.1) is 5.75 Å². The number of benzene rings is 2. The van der Waals surface area contributed by atoms with E-state index in [4.69, 9.17) is 9.97 Å². The molecule has 1 aliphatic rings. The molecule has 0 saturated carbocycles. The van der Waals surface area contributed by atoms with Crippen molar-refractivity contribution in [1.29, 1.82) is 0 Å². The van der Waals surface area contributed by atoms with E-state index < -0.39 is 0 Å². The van der Waals surface area contributed by atoms with Crippen molar-refractivity contribution in [3.8, 4) is 0 Å². The van der Waals surface area contributed by atoms with E-state index in [1.54, 1.807) is 35.6 Å². The van der Waals surface area contributed by atoms with E-state index in [9.17, 15) is 9.59 Å². The number of fused-ring (bicyclic) bond motifs is 3. The van der Waals surface area contributed by atoms with Crippen LogP contribution in [-0.4, -0.2) is 27.4 Å². The fraction of sp³-hybridized carbons (Fsp3) is 0.286. The second-order valence-electron chi connectivity index (χ2n) is 8.79. The zero-order valence-electron chi connectivity index (χ0n) is 19.7. The third kappa shape index (κ3) is 5.63. The molecule has 0 atom stereocenters. The van der Waals surface area contributed by atoms with Crippen LogP contribution in [-0.2, 0) is 30.5 Å². The van der Waals surface area contributed by atoms with Crippen molar-refractivity contribution < 1.29 is 9.59 Å². The molecule has 5 rings (SSSR count). The summed E-state index contributed by atoms with van der Waals surface area (Å²) in [4.78, 5) is 36.6. The van der Waals surface area contributed by atoms with E-state index in [-0.39, 0.29) is 11.7 Å². The van der Waals surface area contributed by atoms with Gasteiger partial charge >= 0.3 is 0 Å². The molecule has 35 heavy (non-hydrogen) atoms. The Hall–Kier alpha value is -3.03. The summed E-state index contributed by atoms with van der Waals surface area (Å²) in [5, 5.41) is 4.82. The topological polar surface area (TPSA) is 72.0 Å². The van der Waals surface area contributed by atoms with E-state index in [1.807, 2.05) is 6.07 Å². The molecule has 0 aliphatic heterocycles. The summed E-state index contributed by atoms with van der Waals surface area (Å²) < 4.78 is 0. The van der Waals surface area contributed by atoms with Gasteiger partial charge in [-0.05, 0) is 67.5 Å². The molecule has 7 heteroatoms. The van der Waals surface area contributed by atoms with Crippen LogP contribution < -0.4 is 5.32 Å². The van der Waals surface area contributed by atoms with Gasteiger partial charge in [-0.2, -0.15) is 0 Å². The van der Waals surface area contributed by atoms with Gasteiger partial charge < -0.3 is 5.32 Å². The molecule has 0 radical (unpaired) electrons. The predicted octanol–water partition coefficient (Wildman–Crippen LogP) is 6.29. The lowest BCUT2D eigenvalue weighted by Gasteiger charge is -2.12. The van der Waals surface area contributed by atoms with Crippen LogP contribution in [0.5, 0.6) is 0 Å². The average molecular weight is 502 g/mol. The molecule has 1 N–H and O–H groups in total. The highest BCUT2D eigenvalue weighted by Gasteiger charge is 2.22. The van der Waals surface area contributed by atoms with E-state index in [2.05, 4.69) is 29.6 Å². The van der Waals surface area contributed by atoms with Crippen LogP contribution in [0.4, 0.5) is 5.69 Å². The minimum atomic E-state index is -0.130. The molecule has 4 aromatic rings. The van der Waals surface area contributed by atoms with Gasteiger partial charge in [-0.1, -0.05) is 42.1 Å². The Morgan fingerprint density at radius 2 is 1.74 bits per heavy atom. The minimum absolute atomic E-state index is 0.0473. The van der Waals surface area contributed by atoms with Crippen LogP contribution >= 0.6 is 23.1 Å². The molecule has 1 aliphatic carbocycles. The quantitative estimate of drug-likeness (QED) is 0.175. The highest BCUT2D eigenvalue weighted by molar-refractivity contribution is 8.00. The summed E-state index contributed by atoms with van der Waals surface area (Å²) in [6.07, 6.45) is 6.26. The van der Waals surface area contributed by atoms with E-state index in [0.29, 0.717) is 17.0 Å². The first-order valence-corrected chi connectivity index (χ1v) is 13.8. The van der Waals surface area contributed by atoms with Crippen LogP contribution in [0.1, 0.15) is 52.0 Å². The lowest BCUT2D eigenvalue weighted by molar-refractivity contribution is -0.114. The fourth-order valence-electron chi connectivity index (χ4n) is 4.44. The van der Waals surface area contributed by atoms with Gasteiger partial charge in [0.15, 0.2) is 5.78 Å². The number of carbonyl (C=O) groups excluding carboxylic acids is 2. The number of nitrogens with one attached hydrogen (secondary N) is 1. The summed E-state index contributed by atoms with van der Waals surface area (Å²) in [5.74, 6) is 1.07. The fourth-order valence-corrected chi connectivity index (χ4v) is 6.76. The number of hydrogen-bond donors (Lipinski definition) is 1. The van der Waals surface area contributed by atoms with Crippen molar-refractivity contribution in [2.75, 3.05) is 11.1 Å². The molecule has 0 unspecified atom stereocenters. The number of thiophene rings is 1. The molecule has 0 fully saturated rings.